The van der Waals surface area contributed by atoms with E-state index in [9.17, 15) is 9.59 Å². The van der Waals surface area contributed by atoms with Gasteiger partial charge in [0.2, 0.25) is 0 Å². The van der Waals surface area contributed by atoms with Crippen molar-refractivity contribution in [3.8, 4) is 0 Å². The summed E-state index contributed by atoms with van der Waals surface area (Å²) in [4.78, 5) is 30.6. The molecule has 1 atom stereocenters. The molecule has 1 saturated heterocycles. The number of ketones is 1. The Morgan fingerprint density at radius 2 is 2.19 bits per heavy atom. The SMILES string of the molecule is CCOC(=O)c1nc(N2CCSC(CC)C2)sc1C(C)=O. The Labute approximate surface area is 133 Å². The quantitative estimate of drug-likeness (QED) is 0.612. The predicted molar refractivity (Wildman–Crippen MR) is 86.8 cm³/mol. The number of anilines is 1. The van der Waals surface area contributed by atoms with E-state index in [1.807, 2.05) is 11.8 Å². The summed E-state index contributed by atoms with van der Waals surface area (Å²) >= 11 is 3.27. The summed E-state index contributed by atoms with van der Waals surface area (Å²) in [5.41, 5.74) is 0.163. The van der Waals surface area contributed by atoms with E-state index < -0.39 is 5.97 Å². The van der Waals surface area contributed by atoms with Crippen molar-refractivity contribution in [2.45, 2.75) is 32.4 Å². The van der Waals surface area contributed by atoms with E-state index in [4.69, 9.17) is 4.74 Å². The van der Waals surface area contributed by atoms with Crippen LogP contribution in [-0.4, -0.2) is 47.4 Å². The number of esters is 1. The van der Waals surface area contributed by atoms with Gasteiger partial charge in [-0.1, -0.05) is 18.3 Å². The molecule has 1 aliphatic rings. The van der Waals surface area contributed by atoms with Crippen LogP contribution >= 0.6 is 23.1 Å². The monoisotopic (exact) mass is 328 g/mol. The number of aromatic nitrogens is 1. The first-order valence-electron chi connectivity index (χ1n) is 7.12. The van der Waals surface area contributed by atoms with Crippen LogP contribution in [0.2, 0.25) is 0 Å². The zero-order chi connectivity index (χ0) is 15.4. The number of carbonyl (C=O) groups excluding carboxylic acids is 2. The van der Waals surface area contributed by atoms with Gasteiger partial charge in [0.1, 0.15) is 4.88 Å². The van der Waals surface area contributed by atoms with E-state index in [1.165, 1.54) is 18.3 Å². The van der Waals surface area contributed by atoms with E-state index in [1.54, 1.807) is 6.92 Å². The highest BCUT2D eigenvalue weighted by molar-refractivity contribution is 8.00. The largest absolute Gasteiger partial charge is 0.461 e. The molecule has 2 rings (SSSR count). The second-order valence-electron chi connectivity index (χ2n) is 4.80. The summed E-state index contributed by atoms with van der Waals surface area (Å²) in [5, 5.41) is 1.33. The van der Waals surface area contributed by atoms with Gasteiger partial charge in [-0.05, 0) is 13.3 Å². The Morgan fingerprint density at radius 1 is 1.43 bits per heavy atom. The molecule has 0 N–H and O–H groups in total. The third-order valence-corrected chi connectivity index (χ3v) is 5.86. The smallest absolute Gasteiger partial charge is 0.358 e. The van der Waals surface area contributed by atoms with Crippen molar-refractivity contribution in [2.75, 3.05) is 30.3 Å². The molecule has 1 aromatic rings. The van der Waals surface area contributed by atoms with E-state index in [0.717, 1.165) is 30.4 Å². The normalized spacial score (nSPS) is 18.6. The number of hydrogen-bond acceptors (Lipinski definition) is 7. The lowest BCUT2D eigenvalue weighted by Gasteiger charge is -2.31. The van der Waals surface area contributed by atoms with Gasteiger partial charge in [0.15, 0.2) is 16.6 Å². The molecule has 1 unspecified atom stereocenters. The first-order valence-corrected chi connectivity index (χ1v) is 8.98. The molecule has 0 amide bonds. The molecule has 1 aliphatic heterocycles. The Bertz CT molecular complexity index is 530. The lowest BCUT2D eigenvalue weighted by molar-refractivity contribution is 0.0517. The molecule has 0 spiro atoms. The van der Waals surface area contributed by atoms with Crippen molar-refractivity contribution in [1.82, 2.24) is 4.98 Å². The average Bonchev–Trinajstić information content (AvgIpc) is 2.93. The van der Waals surface area contributed by atoms with E-state index >= 15 is 0 Å². The second kappa shape index (κ2) is 7.26. The second-order valence-corrected chi connectivity index (χ2v) is 7.18. The van der Waals surface area contributed by atoms with Crippen molar-refractivity contribution in [3.63, 3.8) is 0 Å². The zero-order valence-electron chi connectivity index (χ0n) is 12.5. The molecule has 0 radical (unpaired) electrons. The highest BCUT2D eigenvalue weighted by Gasteiger charge is 2.27. The van der Waals surface area contributed by atoms with Crippen LogP contribution in [0.4, 0.5) is 5.13 Å². The summed E-state index contributed by atoms with van der Waals surface area (Å²) in [7, 11) is 0. The van der Waals surface area contributed by atoms with Gasteiger partial charge < -0.3 is 9.64 Å². The Hall–Kier alpha value is -1.08. The Morgan fingerprint density at radius 3 is 2.81 bits per heavy atom. The average molecular weight is 328 g/mol. The van der Waals surface area contributed by atoms with Crippen molar-refractivity contribution in [2.24, 2.45) is 0 Å². The third-order valence-electron chi connectivity index (χ3n) is 3.27. The number of hydrogen-bond donors (Lipinski definition) is 0. The first kappa shape index (κ1) is 16.3. The molecule has 1 fully saturated rings. The van der Waals surface area contributed by atoms with E-state index in [0.29, 0.717) is 10.1 Å². The van der Waals surface area contributed by atoms with Gasteiger partial charge in [0.25, 0.3) is 0 Å². The van der Waals surface area contributed by atoms with Crippen LogP contribution in [0, 0.1) is 0 Å². The fraction of sp³-hybridized carbons (Fsp3) is 0.643. The van der Waals surface area contributed by atoms with Gasteiger partial charge in [-0.3, -0.25) is 4.79 Å². The molecule has 7 heteroatoms. The van der Waals surface area contributed by atoms with Crippen molar-refractivity contribution in [1.29, 1.82) is 0 Å². The van der Waals surface area contributed by atoms with Crippen LogP contribution < -0.4 is 4.90 Å². The molecule has 0 bridgehead atoms. The molecule has 116 valence electrons. The number of rotatable bonds is 5. The van der Waals surface area contributed by atoms with Crippen LogP contribution in [0.15, 0.2) is 0 Å². The van der Waals surface area contributed by atoms with Crippen LogP contribution in [-0.2, 0) is 4.74 Å². The summed E-state index contributed by atoms with van der Waals surface area (Å²) in [6.45, 7) is 7.46. The van der Waals surface area contributed by atoms with Crippen molar-refractivity contribution >= 4 is 40.0 Å². The maximum atomic E-state index is 11.9. The number of thioether (sulfide) groups is 1. The lowest BCUT2D eigenvalue weighted by Crippen LogP contribution is -2.37. The maximum Gasteiger partial charge on any atom is 0.358 e. The summed E-state index contributed by atoms with van der Waals surface area (Å²) in [6.07, 6.45) is 1.11. The Balaban J connectivity index is 2.26. The number of ether oxygens (including phenoxy) is 1. The summed E-state index contributed by atoms with van der Waals surface area (Å²) in [5.74, 6) is 0.395. The summed E-state index contributed by atoms with van der Waals surface area (Å²) in [6, 6.07) is 0. The van der Waals surface area contributed by atoms with Crippen LogP contribution in [0.1, 0.15) is 47.4 Å². The lowest BCUT2D eigenvalue weighted by atomic mass is 10.3. The minimum absolute atomic E-state index is 0.139. The van der Waals surface area contributed by atoms with Gasteiger partial charge in [-0.25, -0.2) is 9.78 Å². The fourth-order valence-corrected chi connectivity index (χ4v) is 4.32. The van der Waals surface area contributed by atoms with Gasteiger partial charge in [0.05, 0.1) is 6.61 Å². The highest BCUT2D eigenvalue weighted by Crippen LogP contribution is 2.31. The fourth-order valence-electron chi connectivity index (χ4n) is 2.16. The molecule has 2 heterocycles. The number of carbonyl (C=O) groups is 2. The van der Waals surface area contributed by atoms with Crippen molar-refractivity contribution in [3.05, 3.63) is 10.6 Å². The number of nitrogens with zero attached hydrogens (tertiary/aromatic N) is 2. The molecule has 0 saturated carbocycles. The van der Waals surface area contributed by atoms with Gasteiger partial charge in [-0.15, -0.1) is 0 Å². The molecular formula is C14H20N2O3S2. The van der Waals surface area contributed by atoms with Crippen LogP contribution in [0.25, 0.3) is 0 Å². The van der Waals surface area contributed by atoms with Gasteiger partial charge in [-0.2, -0.15) is 11.8 Å². The third kappa shape index (κ3) is 3.77. The molecule has 1 aromatic heterocycles. The summed E-state index contributed by atoms with van der Waals surface area (Å²) < 4.78 is 4.99. The van der Waals surface area contributed by atoms with Crippen LogP contribution in [0.3, 0.4) is 0 Å². The first-order chi connectivity index (χ1) is 10.1. The predicted octanol–water partition coefficient (Wildman–Crippen LogP) is 2.85. The molecule has 0 aromatic carbocycles. The topological polar surface area (TPSA) is 59.5 Å². The molecule has 21 heavy (non-hydrogen) atoms. The van der Waals surface area contributed by atoms with Crippen molar-refractivity contribution < 1.29 is 14.3 Å². The molecule has 5 nitrogen and oxygen atoms in total. The minimum atomic E-state index is -0.511. The van der Waals surface area contributed by atoms with Gasteiger partial charge >= 0.3 is 5.97 Å². The van der Waals surface area contributed by atoms with Crippen LogP contribution in [0.5, 0.6) is 0 Å². The minimum Gasteiger partial charge on any atom is -0.461 e. The molecule has 0 aliphatic carbocycles. The van der Waals surface area contributed by atoms with E-state index in [-0.39, 0.29) is 18.1 Å². The number of Topliss-reactive ketones (excluding diaryl/α,β-unsaturated/α-hetero) is 1. The standard InChI is InChI=1S/C14H20N2O3S2/c1-4-10-8-16(6-7-20-10)14-15-11(13(18)19-5-2)12(21-14)9(3)17/h10H,4-8H2,1-3H3. The highest BCUT2D eigenvalue weighted by atomic mass is 32.2. The zero-order valence-corrected chi connectivity index (χ0v) is 14.2. The number of thiazole rings is 1. The Kier molecular flexibility index (Phi) is 5.64. The molecular weight excluding hydrogens is 308 g/mol. The van der Waals surface area contributed by atoms with E-state index in [2.05, 4.69) is 16.8 Å². The maximum absolute atomic E-state index is 11.9. The van der Waals surface area contributed by atoms with Gasteiger partial charge in [0, 0.05) is 31.0 Å².